The average Bonchev–Trinajstić information content (AvgIpc) is 2.27. The molecule has 2 N–H and O–H groups in total. The average molecular weight is 267 g/mol. The van der Waals surface area contributed by atoms with E-state index in [0.29, 0.717) is 12.5 Å². The lowest BCUT2D eigenvalue weighted by molar-refractivity contribution is -0.120. The zero-order valence-corrected chi connectivity index (χ0v) is 12.1. The monoisotopic (exact) mass is 267 g/mol. The summed E-state index contributed by atoms with van der Waals surface area (Å²) in [7, 11) is 0. The van der Waals surface area contributed by atoms with Gasteiger partial charge in [-0.3, -0.25) is 9.69 Å². The predicted octanol–water partition coefficient (Wildman–Crippen LogP) is 0.744. The van der Waals surface area contributed by atoms with Gasteiger partial charge >= 0.3 is 0 Å². The Morgan fingerprint density at radius 2 is 2.21 bits per heavy atom. The van der Waals surface area contributed by atoms with E-state index in [-0.39, 0.29) is 24.0 Å². The molecule has 108 valence electrons. The summed E-state index contributed by atoms with van der Waals surface area (Å²) in [6, 6.07) is 2.25. The van der Waals surface area contributed by atoms with Crippen molar-refractivity contribution in [2.45, 2.75) is 45.8 Å². The van der Waals surface area contributed by atoms with Gasteiger partial charge in [0.2, 0.25) is 5.91 Å². The van der Waals surface area contributed by atoms with Crippen molar-refractivity contribution in [1.82, 2.24) is 10.2 Å². The molecule has 0 bridgehead atoms. The van der Waals surface area contributed by atoms with Crippen LogP contribution in [0.25, 0.3) is 0 Å². The molecule has 1 saturated heterocycles. The summed E-state index contributed by atoms with van der Waals surface area (Å²) in [6.07, 6.45) is 1.30. The number of aliphatic hydroxyl groups is 1. The molecule has 3 unspecified atom stereocenters. The molecule has 0 aromatic carbocycles. The molecule has 0 saturated carbocycles. The fourth-order valence-corrected chi connectivity index (χ4v) is 2.71. The normalized spacial score (nSPS) is 25.9. The van der Waals surface area contributed by atoms with Crippen LogP contribution in [0.1, 0.15) is 33.6 Å². The van der Waals surface area contributed by atoms with Crippen molar-refractivity contribution in [2.75, 3.05) is 19.6 Å². The zero-order chi connectivity index (χ0) is 14.4. The minimum absolute atomic E-state index is 0.0352. The molecule has 19 heavy (non-hydrogen) atoms. The second kappa shape index (κ2) is 7.46. The smallest absolute Gasteiger partial charge is 0.217 e. The van der Waals surface area contributed by atoms with Gasteiger partial charge in [0.15, 0.2) is 0 Å². The lowest BCUT2D eigenvalue weighted by Gasteiger charge is -2.38. The van der Waals surface area contributed by atoms with Crippen molar-refractivity contribution in [3.63, 3.8) is 0 Å². The number of hydrogen-bond donors (Lipinski definition) is 2. The number of carbonyl (C=O) groups is 1. The first-order valence-electron chi connectivity index (χ1n) is 6.96. The van der Waals surface area contributed by atoms with E-state index in [4.69, 9.17) is 5.26 Å². The van der Waals surface area contributed by atoms with Crippen LogP contribution in [-0.2, 0) is 4.79 Å². The highest BCUT2D eigenvalue weighted by Crippen LogP contribution is 2.23. The molecule has 5 nitrogen and oxygen atoms in total. The highest BCUT2D eigenvalue weighted by Gasteiger charge is 2.29. The van der Waals surface area contributed by atoms with Crippen LogP contribution >= 0.6 is 0 Å². The maximum Gasteiger partial charge on any atom is 0.217 e. The van der Waals surface area contributed by atoms with Crippen LogP contribution < -0.4 is 5.32 Å². The molecular formula is C14H25N3O2. The largest absolute Gasteiger partial charge is 0.393 e. The standard InChI is InChI=1S/C14H25N3O2/c1-10(2)14(19)7-12-6-13(16-11(3)18)9-17(8-12)5-4-15/h10,12-14,19H,5-9H2,1-3H3,(H,16,18). The van der Waals surface area contributed by atoms with Crippen molar-refractivity contribution in [1.29, 1.82) is 5.26 Å². The minimum Gasteiger partial charge on any atom is -0.393 e. The summed E-state index contributed by atoms with van der Waals surface area (Å²) >= 11 is 0. The van der Waals surface area contributed by atoms with E-state index in [1.807, 2.05) is 13.8 Å². The van der Waals surface area contributed by atoms with Crippen molar-refractivity contribution in [3.8, 4) is 6.07 Å². The maximum absolute atomic E-state index is 11.2. The third-order valence-corrected chi connectivity index (χ3v) is 3.66. The van der Waals surface area contributed by atoms with Crippen LogP contribution in [-0.4, -0.2) is 47.7 Å². The molecular weight excluding hydrogens is 242 g/mol. The van der Waals surface area contributed by atoms with Crippen molar-refractivity contribution < 1.29 is 9.90 Å². The number of nitriles is 1. The topological polar surface area (TPSA) is 76.4 Å². The van der Waals surface area contributed by atoms with Gasteiger partial charge in [0.05, 0.1) is 18.7 Å². The van der Waals surface area contributed by atoms with Gasteiger partial charge in [-0.05, 0) is 24.7 Å². The molecule has 3 atom stereocenters. The van der Waals surface area contributed by atoms with Crippen molar-refractivity contribution in [3.05, 3.63) is 0 Å². The third kappa shape index (κ3) is 5.58. The Hall–Kier alpha value is -1.12. The fourth-order valence-electron chi connectivity index (χ4n) is 2.71. The van der Waals surface area contributed by atoms with Gasteiger partial charge in [-0.2, -0.15) is 5.26 Å². The van der Waals surface area contributed by atoms with E-state index in [9.17, 15) is 9.90 Å². The number of aliphatic hydroxyl groups excluding tert-OH is 1. The Morgan fingerprint density at radius 3 is 2.74 bits per heavy atom. The van der Waals surface area contributed by atoms with Gasteiger partial charge in [-0.15, -0.1) is 0 Å². The Balaban J connectivity index is 2.59. The first kappa shape index (κ1) is 15.9. The van der Waals surface area contributed by atoms with E-state index in [2.05, 4.69) is 16.3 Å². The molecule has 0 aromatic heterocycles. The number of carbonyl (C=O) groups excluding carboxylic acids is 1. The summed E-state index contributed by atoms with van der Waals surface area (Å²) in [5, 5.41) is 21.7. The molecule has 0 aromatic rings. The van der Waals surface area contributed by atoms with E-state index >= 15 is 0 Å². The summed E-state index contributed by atoms with van der Waals surface area (Å²) < 4.78 is 0. The second-order valence-electron chi connectivity index (χ2n) is 5.90. The van der Waals surface area contributed by atoms with Crippen LogP contribution in [0.4, 0.5) is 0 Å². The first-order valence-corrected chi connectivity index (χ1v) is 6.96. The van der Waals surface area contributed by atoms with Crippen LogP contribution in [0.2, 0.25) is 0 Å². The molecule has 1 aliphatic rings. The number of rotatable bonds is 5. The van der Waals surface area contributed by atoms with E-state index in [1.54, 1.807) is 0 Å². The van der Waals surface area contributed by atoms with Gasteiger partial charge in [-0.1, -0.05) is 13.8 Å². The van der Waals surface area contributed by atoms with Gasteiger partial charge < -0.3 is 10.4 Å². The Labute approximate surface area is 115 Å². The Morgan fingerprint density at radius 1 is 1.53 bits per heavy atom. The summed E-state index contributed by atoms with van der Waals surface area (Å²) in [6.45, 7) is 7.46. The molecule has 0 aliphatic carbocycles. The fraction of sp³-hybridized carbons (Fsp3) is 0.857. The molecule has 0 radical (unpaired) electrons. The predicted molar refractivity (Wildman–Crippen MR) is 73.2 cm³/mol. The highest BCUT2D eigenvalue weighted by molar-refractivity contribution is 5.73. The molecule has 1 amide bonds. The number of piperidine rings is 1. The summed E-state index contributed by atoms with van der Waals surface area (Å²) in [5.41, 5.74) is 0. The number of nitrogens with one attached hydrogen (secondary N) is 1. The number of nitrogens with zero attached hydrogens (tertiary/aromatic N) is 2. The third-order valence-electron chi connectivity index (χ3n) is 3.66. The van der Waals surface area contributed by atoms with Crippen LogP contribution in [0.3, 0.4) is 0 Å². The van der Waals surface area contributed by atoms with Gasteiger partial charge in [0.1, 0.15) is 0 Å². The van der Waals surface area contributed by atoms with Gasteiger partial charge in [-0.25, -0.2) is 0 Å². The quantitative estimate of drug-likeness (QED) is 0.720. The molecule has 5 heteroatoms. The van der Waals surface area contributed by atoms with Crippen LogP contribution in [0, 0.1) is 23.2 Å². The number of hydrogen-bond acceptors (Lipinski definition) is 4. The summed E-state index contributed by atoms with van der Waals surface area (Å²) in [5.74, 6) is 0.536. The van der Waals surface area contributed by atoms with Gasteiger partial charge in [0, 0.05) is 26.1 Å². The highest BCUT2D eigenvalue weighted by atomic mass is 16.3. The number of likely N-dealkylation sites (tertiary alicyclic amines) is 1. The van der Waals surface area contributed by atoms with E-state index in [0.717, 1.165) is 25.9 Å². The Bertz CT molecular complexity index is 338. The lowest BCUT2D eigenvalue weighted by atomic mass is 9.87. The molecule has 1 rings (SSSR count). The zero-order valence-electron chi connectivity index (χ0n) is 12.1. The maximum atomic E-state index is 11.2. The van der Waals surface area contributed by atoms with Gasteiger partial charge in [0.25, 0.3) is 0 Å². The van der Waals surface area contributed by atoms with Crippen molar-refractivity contribution >= 4 is 5.91 Å². The first-order chi connectivity index (χ1) is 8.92. The SMILES string of the molecule is CC(=O)NC1CC(CC(O)C(C)C)CN(CC#N)C1. The van der Waals surface area contributed by atoms with E-state index < -0.39 is 0 Å². The van der Waals surface area contributed by atoms with Crippen LogP contribution in [0.5, 0.6) is 0 Å². The minimum atomic E-state index is -0.315. The molecule has 1 fully saturated rings. The number of amides is 1. The Kier molecular flexibility index (Phi) is 6.26. The summed E-state index contributed by atoms with van der Waals surface area (Å²) in [4.78, 5) is 13.2. The second-order valence-corrected chi connectivity index (χ2v) is 5.90. The molecule has 1 aliphatic heterocycles. The lowest BCUT2D eigenvalue weighted by Crippen LogP contribution is -2.51. The van der Waals surface area contributed by atoms with Crippen molar-refractivity contribution in [2.24, 2.45) is 11.8 Å². The van der Waals surface area contributed by atoms with E-state index in [1.165, 1.54) is 6.92 Å². The van der Waals surface area contributed by atoms with Crippen LogP contribution in [0.15, 0.2) is 0 Å². The molecule has 0 spiro atoms. The molecule has 1 heterocycles.